The van der Waals surface area contributed by atoms with Crippen LogP contribution in [0.4, 0.5) is 4.79 Å². The molecule has 1 spiro atoms. The standard InChI is InChI=1S/C29H39N7O2/c37-28-36(22-29(38-28)10-16-35(17-11-29)25-4-2-1-3-5-25)19-24-8-6-23(7-9-24)18-34(20-26-30-12-13-31-26)21-27-32-14-15-33-27/h6-9,12-15,25H,1-5,10-11,16-22H2,(H,30,31)(H,32,33). The fourth-order valence-electron chi connectivity index (χ4n) is 6.41. The number of likely N-dealkylation sites (tertiary alicyclic amines) is 1. The highest BCUT2D eigenvalue weighted by atomic mass is 16.6. The predicted molar refractivity (Wildman–Crippen MR) is 144 cm³/mol. The van der Waals surface area contributed by atoms with E-state index in [4.69, 9.17) is 4.74 Å². The van der Waals surface area contributed by atoms with Gasteiger partial charge in [-0.1, -0.05) is 43.5 Å². The van der Waals surface area contributed by atoms with E-state index < -0.39 is 0 Å². The summed E-state index contributed by atoms with van der Waals surface area (Å²) >= 11 is 0. The molecular weight excluding hydrogens is 478 g/mol. The maximum absolute atomic E-state index is 12.8. The van der Waals surface area contributed by atoms with E-state index >= 15 is 0 Å². The first-order valence-electron chi connectivity index (χ1n) is 14.1. The van der Waals surface area contributed by atoms with Crippen LogP contribution in [-0.4, -0.2) is 72.0 Å². The number of carbonyl (C=O) groups excluding carboxylic acids is 1. The molecule has 0 atom stereocenters. The molecule has 1 aromatic carbocycles. The molecule has 0 radical (unpaired) electrons. The van der Waals surface area contributed by atoms with Crippen LogP contribution in [-0.2, 0) is 30.9 Å². The minimum Gasteiger partial charge on any atom is -0.441 e. The molecule has 2 aliphatic heterocycles. The molecule has 9 heteroatoms. The molecule has 1 amide bonds. The van der Waals surface area contributed by atoms with E-state index in [9.17, 15) is 4.79 Å². The Morgan fingerprint density at radius 2 is 1.53 bits per heavy atom. The van der Waals surface area contributed by atoms with Crippen molar-refractivity contribution in [2.45, 2.75) is 82.8 Å². The average Bonchev–Trinajstić information content (AvgIpc) is 3.70. The fraction of sp³-hybridized carbons (Fsp3) is 0.552. The average molecular weight is 518 g/mol. The van der Waals surface area contributed by atoms with Gasteiger partial charge < -0.3 is 19.6 Å². The third kappa shape index (κ3) is 5.94. The molecule has 1 aliphatic carbocycles. The normalized spacial score (nSPS) is 20.4. The van der Waals surface area contributed by atoms with Crippen LogP contribution in [0.2, 0.25) is 0 Å². The van der Waals surface area contributed by atoms with E-state index in [1.807, 2.05) is 17.3 Å². The Kier molecular flexibility index (Phi) is 7.47. The Bertz CT molecular complexity index is 1110. The molecule has 4 heterocycles. The summed E-state index contributed by atoms with van der Waals surface area (Å²) in [6, 6.07) is 9.33. The molecule has 0 bridgehead atoms. The first-order chi connectivity index (χ1) is 18.6. The van der Waals surface area contributed by atoms with Gasteiger partial charge in [-0.05, 0) is 24.0 Å². The van der Waals surface area contributed by atoms with Gasteiger partial charge in [0.25, 0.3) is 0 Å². The van der Waals surface area contributed by atoms with Crippen molar-refractivity contribution >= 4 is 6.09 Å². The Balaban J connectivity index is 1.03. The minimum absolute atomic E-state index is 0.164. The van der Waals surface area contributed by atoms with Gasteiger partial charge in [0.2, 0.25) is 0 Å². The molecule has 2 saturated heterocycles. The van der Waals surface area contributed by atoms with Gasteiger partial charge in [0.1, 0.15) is 17.2 Å². The lowest BCUT2D eigenvalue weighted by Crippen LogP contribution is -2.50. The van der Waals surface area contributed by atoms with Crippen molar-refractivity contribution in [1.82, 2.24) is 34.6 Å². The number of hydrogen-bond donors (Lipinski definition) is 2. The van der Waals surface area contributed by atoms with Crippen molar-refractivity contribution in [3.63, 3.8) is 0 Å². The van der Waals surface area contributed by atoms with Gasteiger partial charge in [0.05, 0.1) is 19.6 Å². The number of hydrogen-bond acceptors (Lipinski definition) is 6. The second-order valence-corrected chi connectivity index (χ2v) is 11.3. The summed E-state index contributed by atoms with van der Waals surface area (Å²) < 4.78 is 6.02. The van der Waals surface area contributed by atoms with Crippen LogP contribution in [0.1, 0.15) is 67.7 Å². The topological polar surface area (TPSA) is 93.4 Å². The number of ether oxygens (including phenoxy) is 1. The van der Waals surface area contributed by atoms with E-state index in [0.29, 0.717) is 26.2 Å². The Morgan fingerprint density at radius 1 is 0.895 bits per heavy atom. The van der Waals surface area contributed by atoms with Gasteiger partial charge in [-0.3, -0.25) is 9.80 Å². The first-order valence-corrected chi connectivity index (χ1v) is 14.1. The molecule has 2 N–H and O–H groups in total. The van der Waals surface area contributed by atoms with Crippen LogP contribution >= 0.6 is 0 Å². The number of piperidine rings is 1. The van der Waals surface area contributed by atoms with Crippen LogP contribution in [0, 0.1) is 0 Å². The second kappa shape index (κ2) is 11.3. The van der Waals surface area contributed by atoms with Crippen LogP contribution in [0.25, 0.3) is 0 Å². The van der Waals surface area contributed by atoms with Gasteiger partial charge in [-0.15, -0.1) is 0 Å². The van der Waals surface area contributed by atoms with Gasteiger partial charge in [-0.25, -0.2) is 14.8 Å². The third-order valence-corrected chi connectivity index (χ3v) is 8.50. The number of carbonyl (C=O) groups is 1. The zero-order valence-electron chi connectivity index (χ0n) is 22.1. The number of benzene rings is 1. The van der Waals surface area contributed by atoms with Crippen molar-refractivity contribution in [3.8, 4) is 0 Å². The summed E-state index contributed by atoms with van der Waals surface area (Å²) in [6.07, 6.45) is 15.8. The van der Waals surface area contributed by atoms with Gasteiger partial charge in [-0.2, -0.15) is 0 Å². The summed E-state index contributed by atoms with van der Waals surface area (Å²) in [5, 5.41) is 0. The second-order valence-electron chi connectivity index (χ2n) is 11.3. The lowest BCUT2D eigenvalue weighted by molar-refractivity contribution is -0.0144. The first kappa shape index (κ1) is 25.1. The maximum Gasteiger partial charge on any atom is 0.410 e. The lowest BCUT2D eigenvalue weighted by atomic mass is 9.87. The number of rotatable bonds is 9. The summed E-state index contributed by atoms with van der Waals surface area (Å²) in [5.41, 5.74) is 2.04. The number of nitrogens with zero attached hydrogens (tertiary/aromatic N) is 5. The number of imidazole rings is 2. The molecular formula is C29H39N7O2. The molecule has 38 heavy (non-hydrogen) atoms. The van der Waals surface area contributed by atoms with E-state index in [2.05, 4.69) is 54.0 Å². The molecule has 3 aliphatic rings. The van der Waals surface area contributed by atoms with Gasteiger partial charge in [0, 0.05) is 69.8 Å². The van der Waals surface area contributed by atoms with Crippen molar-refractivity contribution in [2.24, 2.45) is 0 Å². The Labute approximate surface area is 224 Å². The van der Waals surface area contributed by atoms with Crippen LogP contribution in [0.3, 0.4) is 0 Å². The van der Waals surface area contributed by atoms with Crippen molar-refractivity contribution in [1.29, 1.82) is 0 Å². The highest BCUT2D eigenvalue weighted by Gasteiger charge is 2.47. The van der Waals surface area contributed by atoms with Gasteiger partial charge >= 0.3 is 6.09 Å². The number of aromatic amines is 2. The van der Waals surface area contributed by atoms with Crippen LogP contribution in [0.15, 0.2) is 49.1 Å². The smallest absolute Gasteiger partial charge is 0.410 e. The molecule has 0 unspecified atom stereocenters. The predicted octanol–water partition coefficient (Wildman–Crippen LogP) is 4.45. The molecule has 9 nitrogen and oxygen atoms in total. The fourth-order valence-corrected chi connectivity index (χ4v) is 6.41. The summed E-state index contributed by atoms with van der Waals surface area (Å²) in [5.74, 6) is 1.86. The minimum atomic E-state index is -0.305. The van der Waals surface area contributed by atoms with Gasteiger partial charge in [0.15, 0.2) is 0 Å². The highest BCUT2D eigenvalue weighted by Crippen LogP contribution is 2.36. The summed E-state index contributed by atoms with van der Waals surface area (Å²) in [4.78, 5) is 34.8. The largest absolute Gasteiger partial charge is 0.441 e. The monoisotopic (exact) mass is 517 g/mol. The number of aromatic nitrogens is 4. The Hall–Kier alpha value is -3.17. The maximum atomic E-state index is 12.8. The van der Waals surface area contributed by atoms with E-state index in [-0.39, 0.29) is 11.7 Å². The van der Waals surface area contributed by atoms with Crippen LogP contribution in [0.5, 0.6) is 0 Å². The third-order valence-electron chi connectivity index (χ3n) is 8.50. The molecule has 1 saturated carbocycles. The lowest BCUT2D eigenvalue weighted by Gasteiger charge is -2.42. The number of amides is 1. The Morgan fingerprint density at radius 3 is 2.13 bits per heavy atom. The van der Waals surface area contributed by atoms with Crippen molar-refractivity contribution in [2.75, 3.05) is 19.6 Å². The molecule has 3 aromatic rings. The van der Waals surface area contributed by atoms with Crippen molar-refractivity contribution in [3.05, 3.63) is 71.8 Å². The number of nitrogens with one attached hydrogen (secondary N) is 2. The van der Waals surface area contributed by atoms with E-state index in [1.54, 1.807) is 12.4 Å². The summed E-state index contributed by atoms with van der Waals surface area (Å²) in [6.45, 7) is 5.57. The molecule has 202 valence electrons. The highest BCUT2D eigenvalue weighted by molar-refractivity contribution is 5.70. The SMILES string of the molecule is O=C1OC2(CCN(C3CCCCC3)CC2)CN1Cc1ccc(CN(Cc2ncc[nH]2)Cc2ncc[nH]2)cc1. The van der Waals surface area contributed by atoms with Crippen LogP contribution < -0.4 is 0 Å². The molecule has 6 rings (SSSR count). The zero-order chi connectivity index (χ0) is 25.8. The van der Waals surface area contributed by atoms with E-state index in [0.717, 1.165) is 55.7 Å². The number of H-pyrrole nitrogens is 2. The quantitative estimate of drug-likeness (QED) is 0.436. The van der Waals surface area contributed by atoms with E-state index in [1.165, 1.54) is 37.7 Å². The molecule has 3 fully saturated rings. The van der Waals surface area contributed by atoms with Crippen molar-refractivity contribution < 1.29 is 9.53 Å². The molecule has 2 aromatic heterocycles. The zero-order valence-corrected chi connectivity index (χ0v) is 22.1. The summed E-state index contributed by atoms with van der Waals surface area (Å²) in [7, 11) is 0.